The second kappa shape index (κ2) is 5.82. The van der Waals surface area contributed by atoms with E-state index in [1.165, 1.54) is 17.2 Å². The van der Waals surface area contributed by atoms with Crippen LogP contribution in [0.25, 0.3) is 0 Å². The maximum absolute atomic E-state index is 10.5. The van der Waals surface area contributed by atoms with Crippen LogP contribution in [0.5, 0.6) is 0 Å². The predicted octanol–water partition coefficient (Wildman–Crippen LogP) is 3.43. The highest BCUT2D eigenvalue weighted by Gasteiger charge is 2.17. The van der Waals surface area contributed by atoms with Crippen molar-refractivity contribution in [2.24, 2.45) is 0 Å². The summed E-state index contributed by atoms with van der Waals surface area (Å²) < 4.78 is 0. The average molecular weight is 248 g/mol. The Morgan fingerprint density at radius 3 is 2.59 bits per heavy atom. The molecule has 0 saturated heterocycles. The molecule has 2 nitrogen and oxygen atoms in total. The van der Waals surface area contributed by atoms with E-state index in [2.05, 4.69) is 38.2 Å². The Kier molecular flexibility index (Phi) is 4.69. The first kappa shape index (κ1) is 13.7. The molecule has 0 unspecified atom stereocenters. The molecule has 0 aliphatic heterocycles. The molecule has 1 N–H and O–H groups in total. The van der Waals surface area contributed by atoms with Crippen LogP contribution in [0.4, 0.5) is 0 Å². The first-order chi connectivity index (χ1) is 7.91. The summed E-state index contributed by atoms with van der Waals surface area (Å²) in [6.07, 6.45) is 2.33. The molecule has 0 aliphatic carbocycles. The molecule has 1 rings (SSSR count). The van der Waals surface area contributed by atoms with Gasteiger partial charge in [-0.05, 0) is 24.5 Å². The topological polar surface area (TPSA) is 37.3 Å². The van der Waals surface area contributed by atoms with Crippen LogP contribution in [0.15, 0.2) is 36.0 Å². The lowest BCUT2D eigenvalue weighted by Gasteiger charge is -2.17. The van der Waals surface area contributed by atoms with E-state index < -0.39 is 14.0 Å². The van der Waals surface area contributed by atoms with E-state index in [-0.39, 0.29) is 0 Å². The standard InChI is InChI=1S/C14H20O2Si/c1-12-6-4-5-7-13(12)8-10-17(2,3)11-9-14(15)16/h4-7,9,11H,8,10H2,1-3H3,(H,15,16). The zero-order chi connectivity index (χ0) is 12.9. The van der Waals surface area contributed by atoms with Gasteiger partial charge in [0.25, 0.3) is 0 Å². The van der Waals surface area contributed by atoms with Gasteiger partial charge >= 0.3 is 5.97 Å². The lowest BCUT2D eigenvalue weighted by Crippen LogP contribution is -2.23. The maximum Gasteiger partial charge on any atom is 0.327 e. The molecule has 0 heterocycles. The van der Waals surface area contributed by atoms with Crippen LogP contribution in [0, 0.1) is 6.92 Å². The Morgan fingerprint density at radius 2 is 2.00 bits per heavy atom. The number of hydrogen-bond acceptors (Lipinski definition) is 1. The summed E-state index contributed by atoms with van der Waals surface area (Å²) >= 11 is 0. The van der Waals surface area contributed by atoms with Crippen LogP contribution in [0.1, 0.15) is 11.1 Å². The monoisotopic (exact) mass is 248 g/mol. The van der Waals surface area contributed by atoms with Crippen molar-refractivity contribution in [3.8, 4) is 0 Å². The summed E-state index contributed by atoms with van der Waals surface area (Å²) in [4.78, 5) is 10.5. The largest absolute Gasteiger partial charge is 0.478 e. The predicted molar refractivity (Wildman–Crippen MR) is 73.9 cm³/mol. The quantitative estimate of drug-likeness (QED) is 0.640. The van der Waals surface area contributed by atoms with Crippen molar-refractivity contribution < 1.29 is 9.90 Å². The van der Waals surface area contributed by atoms with Crippen LogP contribution < -0.4 is 0 Å². The van der Waals surface area contributed by atoms with E-state index in [4.69, 9.17) is 5.11 Å². The third kappa shape index (κ3) is 5.00. The van der Waals surface area contributed by atoms with Crippen molar-refractivity contribution in [1.82, 2.24) is 0 Å². The molecule has 0 fully saturated rings. The number of carboxylic acid groups (broad SMARTS) is 1. The molecule has 0 atom stereocenters. The second-order valence-electron chi connectivity index (χ2n) is 5.09. The Balaban J connectivity index is 2.61. The number of carboxylic acids is 1. The van der Waals surface area contributed by atoms with Crippen molar-refractivity contribution >= 4 is 14.0 Å². The van der Waals surface area contributed by atoms with Gasteiger partial charge in [-0.2, -0.15) is 0 Å². The SMILES string of the molecule is Cc1ccccc1CC[Si](C)(C)C=CC(=O)O. The minimum Gasteiger partial charge on any atom is -0.478 e. The van der Waals surface area contributed by atoms with Gasteiger partial charge in [0.1, 0.15) is 0 Å². The molecule has 0 radical (unpaired) electrons. The number of hydrogen-bond donors (Lipinski definition) is 1. The fourth-order valence-electron chi connectivity index (χ4n) is 1.73. The van der Waals surface area contributed by atoms with E-state index in [0.29, 0.717) is 0 Å². The van der Waals surface area contributed by atoms with Crippen molar-refractivity contribution in [2.75, 3.05) is 0 Å². The number of aliphatic carboxylic acids is 1. The third-order valence-corrected chi connectivity index (χ3v) is 5.58. The van der Waals surface area contributed by atoms with E-state index >= 15 is 0 Å². The Labute approximate surface area is 104 Å². The number of carbonyl (C=O) groups is 1. The van der Waals surface area contributed by atoms with E-state index in [1.807, 2.05) is 11.8 Å². The molecule has 0 bridgehead atoms. The molecule has 92 valence electrons. The van der Waals surface area contributed by atoms with Crippen molar-refractivity contribution in [1.29, 1.82) is 0 Å². The zero-order valence-corrected chi connectivity index (χ0v) is 11.7. The van der Waals surface area contributed by atoms with Crippen LogP contribution in [-0.2, 0) is 11.2 Å². The Hall–Kier alpha value is -1.35. The van der Waals surface area contributed by atoms with Gasteiger partial charge in [0, 0.05) is 6.08 Å². The smallest absolute Gasteiger partial charge is 0.327 e. The average Bonchev–Trinajstić information content (AvgIpc) is 2.26. The lowest BCUT2D eigenvalue weighted by molar-refractivity contribution is -0.131. The van der Waals surface area contributed by atoms with Gasteiger partial charge in [0.2, 0.25) is 0 Å². The van der Waals surface area contributed by atoms with Crippen molar-refractivity contribution in [3.63, 3.8) is 0 Å². The zero-order valence-electron chi connectivity index (χ0n) is 10.7. The lowest BCUT2D eigenvalue weighted by atomic mass is 10.1. The number of aryl methyl sites for hydroxylation is 2. The highest BCUT2D eigenvalue weighted by atomic mass is 28.3. The summed E-state index contributed by atoms with van der Waals surface area (Å²) in [5.41, 5.74) is 4.60. The van der Waals surface area contributed by atoms with Gasteiger partial charge in [-0.3, -0.25) is 0 Å². The van der Waals surface area contributed by atoms with Crippen LogP contribution in [0.2, 0.25) is 19.1 Å². The van der Waals surface area contributed by atoms with Crippen molar-refractivity contribution in [2.45, 2.75) is 32.5 Å². The molecular weight excluding hydrogens is 228 g/mol. The minimum absolute atomic E-state index is 0.846. The van der Waals surface area contributed by atoms with Crippen LogP contribution >= 0.6 is 0 Å². The molecule has 0 spiro atoms. The fourth-order valence-corrected chi connectivity index (χ4v) is 3.40. The van der Waals surface area contributed by atoms with Crippen LogP contribution in [-0.4, -0.2) is 19.1 Å². The summed E-state index contributed by atoms with van der Waals surface area (Å²) in [6.45, 7) is 6.52. The summed E-state index contributed by atoms with van der Waals surface area (Å²) in [7, 11) is -1.53. The van der Waals surface area contributed by atoms with Gasteiger partial charge in [-0.25, -0.2) is 4.79 Å². The fraction of sp³-hybridized carbons (Fsp3) is 0.357. The maximum atomic E-state index is 10.5. The molecule has 1 aromatic carbocycles. The first-order valence-corrected chi connectivity index (χ1v) is 9.16. The normalized spacial score (nSPS) is 11.9. The van der Waals surface area contributed by atoms with Gasteiger partial charge in [-0.15, -0.1) is 0 Å². The summed E-state index contributed by atoms with van der Waals surface area (Å²) in [5.74, 6) is -0.846. The minimum atomic E-state index is -1.53. The van der Waals surface area contributed by atoms with E-state index in [1.54, 1.807) is 0 Å². The van der Waals surface area contributed by atoms with E-state index in [9.17, 15) is 4.79 Å². The van der Waals surface area contributed by atoms with Crippen LogP contribution in [0.3, 0.4) is 0 Å². The molecule has 0 aliphatic rings. The number of rotatable bonds is 5. The molecule has 0 aromatic heterocycles. The third-order valence-electron chi connectivity index (χ3n) is 2.98. The summed E-state index contributed by atoms with van der Waals surface area (Å²) in [6, 6.07) is 9.47. The van der Waals surface area contributed by atoms with Gasteiger partial charge in [-0.1, -0.05) is 49.1 Å². The molecule has 1 aromatic rings. The summed E-state index contributed by atoms with van der Waals surface area (Å²) in [5, 5.41) is 8.64. The first-order valence-electron chi connectivity index (χ1n) is 5.87. The number of benzene rings is 1. The highest BCUT2D eigenvalue weighted by Crippen LogP contribution is 2.17. The van der Waals surface area contributed by atoms with Gasteiger partial charge < -0.3 is 5.11 Å². The molecule has 17 heavy (non-hydrogen) atoms. The molecular formula is C14H20O2Si. The van der Waals surface area contributed by atoms with Gasteiger partial charge in [0.05, 0.1) is 8.07 Å². The second-order valence-corrected chi connectivity index (χ2v) is 9.90. The van der Waals surface area contributed by atoms with Gasteiger partial charge in [0.15, 0.2) is 0 Å². The Bertz CT molecular complexity index is 422. The highest BCUT2D eigenvalue weighted by molar-refractivity contribution is 6.82. The van der Waals surface area contributed by atoms with E-state index in [0.717, 1.165) is 12.5 Å². The molecule has 0 saturated carbocycles. The molecule has 3 heteroatoms. The molecule has 0 amide bonds. The Morgan fingerprint density at radius 1 is 1.35 bits per heavy atom. The van der Waals surface area contributed by atoms with Crippen molar-refractivity contribution in [3.05, 3.63) is 47.2 Å².